The summed E-state index contributed by atoms with van der Waals surface area (Å²) in [5, 5.41) is 0. The van der Waals surface area contributed by atoms with Gasteiger partial charge in [0.1, 0.15) is 23.7 Å². The van der Waals surface area contributed by atoms with E-state index in [1.54, 1.807) is 25.1 Å². The highest BCUT2D eigenvalue weighted by Gasteiger charge is 2.14. The van der Waals surface area contributed by atoms with Crippen LogP contribution in [0.5, 0.6) is 5.75 Å². The standard InChI is InChI=1S/C16H14F2O2/c1-10(9-19)11-3-5-14(16(7-11)20-2)13-6-4-12(17)8-15(13)18/h3-10H,1-2H3. The van der Waals surface area contributed by atoms with Gasteiger partial charge in [0.2, 0.25) is 0 Å². The van der Waals surface area contributed by atoms with E-state index in [-0.39, 0.29) is 11.5 Å². The van der Waals surface area contributed by atoms with Gasteiger partial charge >= 0.3 is 0 Å². The first-order valence-corrected chi connectivity index (χ1v) is 6.15. The van der Waals surface area contributed by atoms with Gasteiger partial charge in [-0.1, -0.05) is 19.1 Å². The van der Waals surface area contributed by atoms with E-state index >= 15 is 0 Å². The summed E-state index contributed by atoms with van der Waals surface area (Å²) in [5.41, 5.74) is 1.56. The van der Waals surface area contributed by atoms with Crippen molar-refractivity contribution < 1.29 is 18.3 Å². The van der Waals surface area contributed by atoms with Crippen molar-refractivity contribution in [2.45, 2.75) is 12.8 Å². The SMILES string of the molecule is COc1cc(C(C)C=O)ccc1-c1ccc(F)cc1F. The smallest absolute Gasteiger partial charge is 0.134 e. The molecule has 0 spiro atoms. The minimum absolute atomic E-state index is 0.258. The van der Waals surface area contributed by atoms with E-state index < -0.39 is 11.6 Å². The van der Waals surface area contributed by atoms with Crippen LogP contribution >= 0.6 is 0 Å². The van der Waals surface area contributed by atoms with Gasteiger partial charge in [0, 0.05) is 23.1 Å². The molecule has 2 rings (SSSR count). The lowest BCUT2D eigenvalue weighted by Crippen LogP contribution is -1.97. The molecule has 104 valence electrons. The highest BCUT2D eigenvalue weighted by molar-refractivity contribution is 5.73. The molecule has 0 fully saturated rings. The van der Waals surface area contributed by atoms with E-state index in [1.165, 1.54) is 19.2 Å². The molecular formula is C16H14F2O2. The van der Waals surface area contributed by atoms with E-state index in [2.05, 4.69) is 0 Å². The van der Waals surface area contributed by atoms with Gasteiger partial charge in [0.15, 0.2) is 0 Å². The van der Waals surface area contributed by atoms with Crippen molar-refractivity contribution in [1.29, 1.82) is 0 Å². The Morgan fingerprint density at radius 2 is 1.80 bits per heavy atom. The Labute approximate surface area is 116 Å². The fraction of sp³-hybridized carbons (Fsp3) is 0.188. The van der Waals surface area contributed by atoms with Gasteiger partial charge in [-0.25, -0.2) is 8.78 Å². The number of hydrogen-bond acceptors (Lipinski definition) is 2. The Kier molecular flexibility index (Phi) is 4.13. The third-order valence-corrected chi connectivity index (χ3v) is 3.18. The number of carbonyl (C=O) groups is 1. The second-order valence-corrected chi connectivity index (χ2v) is 4.51. The molecule has 0 aliphatic carbocycles. The Morgan fingerprint density at radius 3 is 2.40 bits per heavy atom. The average molecular weight is 276 g/mol. The van der Waals surface area contributed by atoms with Crippen molar-refractivity contribution in [1.82, 2.24) is 0 Å². The van der Waals surface area contributed by atoms with Crippen LogP contribution in [0.2, 0.25) is 0 Å². The van der Waals surface area contributed by atoms with Crippen LogP contribution in [0.1, 0.15) is 18.4 Å². The number of rotatable bonds is 4. The molecule has 20 heavy (non-hydrogen) atoms. The lowest BCUT2D eigenvalue weighted by Gasteiger charge is -2.13. The van der Waals surface area contributed by atoms with Gasteiger partial charge in [0.05, 0.1) is 7.11 Å². The van der Waals surface area contributed by atoms with Crippen LogP contribution in [-0.4, -0.2) is 13.4 Å². The summed E-state index contributed by atoms with van der Waals surface area (Å²) in [4.78, 5) is 10.8. The molecular weight excluding hydrogens is 262 g/mol. The van der Waals surface area contributed by atoms with E-state index in [4.69, 9.17) is 4.74 Å². The summed E-state index contributed by atoms with van der Waals surface area (Å²) in [7, 11) is 1.47. The minimum Gasteiger partial charge on any atom is -0.496 e. The zero-order valence-corrected chi connectivity index (χ0v) is 11.2. The molecule has 1 atom stereocenters. The maximum atomic E-state index is 13.8. The van der Waals surface area contributed by atoms with Gasteiger partial charge in [-0.15, -0.1) is 0 Å². The molecule has 0 N–H and O–H groups in total. The highest BCUT2D eigenvalue weighted by atomic mass is 19.1. The lowest BCUT2D eigenvalue weighted by molar-refractivity contribution is -0.108. The van der Waals surface area contributed by atoms with Crippen LogP contribution in [0.3, 0.4) is 0 Å². The van der Waals surface area contributed by atoms with Gasteiger partial charge in [-0.3, -0.25) is 0 Å². The zero-order chi connectivity index (χ0) is 14.7. The fourth-order valence-electron chi connectivity index (χ4n) is 2.00. The van der Waals surface area contributed by atoms with Crippen molar-refractivity contribution in [3.8, 4) is 16.9 Å². The summed E-state index contributed by atoms with van der Waals surface area (Å²) < 4.78 is 32.0. The molecule has 4 heteroatoms. The van der Waals surface area contributed by atoms with E-state index in [0.29, 0.717) is 11.3 Å². The first kappa shape index (κ1) is 14.2. The van der Waals surface area contributed by atoms with Crippen LogP contribution in [0, 0.1) is 11.6 Å². The monoisotopic (exact) mass is 276 g/mol. The number of benzene rings is 2. The predicted molar refractivity (Wildman–Crippen MR) is 72.8 cm³/mol. The molecule has 0 heterocycles. The minimum atomic E-state index is -0.653. The summed E-state index contributed by atoms with van der Waals surface area (Å²) in [5.74, 6) is -1.10. The van der Waals surface area contributed by atoms with Crippen LogP contribution in [0.25, 0.3) is 11.1 Å². The van der Waals surface area contributed by atoms with Crippen molar-refractivity contribution in [2.24, 2.45) is 0 Å². The van der Waals surface area contributed by atoms with E-state index in [1.807, 2.05) is 0 Å². The largest absolute Gasteiger partial charge is 0.496 e. The van der Waals surface area contributed by atoms with Crippen LogP contribution in [0.15, 0.2) is 36.4 Å². The molecule has 0 bridgehead atoms. The molecule has 0 saturated heterocycles. The number of hydrogen-bond donors (Lipinski definition) is 0. The molecule has 0 aliphatic rings. The third kappa shape index (κ3) is 2.69. The maximum absolute atomic E-state index is 13.8. The first-order valence-electron chi connectivity index (χ1n) is 6.15. The number of aldehydes is 1. The van der Waals surface area contributed by atoms with Gasteiger partial charge in [-0.2, -0.15) is 0 Å². The van der Waals surface area contributed by atoms with E-state index in [9.17, 15) is 13.6 Å². The molecule has 2 aromatic rings. The first-order chi connectivity index (χ1) is 9.56. The highest BCUT2D eigenvalue weighted by Crippen LogP contribution is 2.34. The van der Waals surface area contributed by atoms with Crippen LogP contribution in [-0.2, 0) is 4.79 Å². The van der Waals surface area contributed by atoms with Crippen LogP contribution in [0.4, 0.5) is 8.78 Å². The van der Waals surface area contributed by atoms with Gasteiger partial charge < -0.3 is 9.53 Å². The van der Waals surface area contributed by atoms with Crippen LogP contribution < -0.4 is 4.74 Å². The molecule has 0 amide bonds. The van der Waals surface area contributed by atoms with E-state index in [0.717, 1.165) is 17.9 Å². The number of carbonyl (C=O) groups excluding carboxylic acids is 1. The Bertz CT molecular complexity index is 638. The fourth-order valence-corrected chi connectivity index (χ4v) is 2.00. The Morgan fingerprint density at radius 1 is 1.10 bits per heavy atom. The molecule has 0 aromatic heterocycles. The maximum Gasteiger partial charge on any atom is 0.134 e. The summed E-state index contributed by atoms with van der Waals surface area (Å²) in [6.07, 6.45) is 0.826. The van der Waals surface area contributed by atoms with Gasteiger partial charge in [-0.05, 0) is 23.8 Å². The quantitative estimate of drug-likeness (QED) is 0.790. The van der Waals surface area contributed by atoms with Gasteiger partial charge in [0.25, 0.3) is 0 Å². The summed E-state index contributed by atoms with van der Waals surface area (Å²) >= 11 is 0. The number of halogens is 2. The van der Waals surface area contributed by atoms with Crippen molar-refractivity contribution in [2.75, 3.05) is 7.11 Å². The second kappa shape index (κ2) is 5.82. The van der Waals surface area contributed by atoms with Crippen molar-refractivity contribution >= 4 is 6.29 Å². The number of ether oxygens (including phenoxy) is 1. The zero-order valence-electron chi connectivity index (χ0n) is 11.2. The molecule has 1 unspecified atom stereocenters. The van der Waals surface area contributed by atoms with Crippen molar-refractivity contribution in [3.05, 3.63) is 53.6 Å². The molecule has 0 radical (unpaired) electrons. The molecule has 2 nitrogen and oxygen atoms in total. The third-order valence-electron chi connectivity index (χ3n) is 3.18. The molecule has 0 aliphatic heterocycles. The Balaban J connectivity index is 2.54. The normalized spacial score (nSPS) is 12.0. The van der Waals surface area contributed by atoms with Crippen molar-refractivity contribution in [3.63, 3.8) is 0 Å². The Hall–Kier alpha value is -2.23. The molecule has 2 aromatic carbocycles. The second-order valence-electron chi connectivity index (χ2n) is 4.51. The lowest BCUT2D eigenvalue weighted by atomic mass is 9.97. The topological polar surface area (TPSA) is 26.3 Å². The average Bonchev–Trinajstić information content (AvgIpc) is 2.46. The summed E-state index contributed by atoms with van der Waals surface area (Å²) in [6.45, 7) is 1.76. The summed E-state index contributed by atoms with van der Waals surface area (Å²) in [6, 6.07) is 8.49. The molecule has 0 saturated carbocycles. The number of methoxy groups -OCH3 is 1. The predicted octanol–water partition coefficient (Wildman–Crippen LogP) is 3.94.